The molecule has 0 aliphatic rings. The highest BCUT2D eigenvalue weighted by atomic mass is 13.6. The van der Waals surface area contributed by atoms with Crippen molar-refractivity contribution in [3.8, 4) is 0 Å². The van der Waals surface area contributed by atoms with Crippen molar-refractivity contribution in [3.05, 3.63) is 0 Å². The summed E-state index contributed by atoms with van der Waals surface area (Å²) in [6.07, 6.45) is 2.64. The van der Waals surface area contributed by atoms with Crippen LogP contribution in [0, 0.1) is 0 Å². The summed E-state index contributed by atoms with van der Waals surface area (Å²) in [5, 5.41) is 0. The Bertz CT molecular complexity index is 2.00. The molecule has 0 heteroatoms. The minimum absolute atomic E-state index is 0. The molecular weight excluding hydrogens is 96.1 g/mol. The zero-order valence-electron chi connectivity index (χ0n) is 5.41. The fourth-order valence-electron chi connectivity index (χ4n) is 0. The van der Waals surface area contributed by atoms with Gasteiger partial charge in [-0.25, -0.2) is 0 Å². The van der Waals surface area contributed by atoms with E-state index in [1.54, 1.807) is 0 Å². The molecule has 0 spiro atoms. The lowest BCUT2D eigenvalue weighted by Gasteiger charge is -1.68. The normalized spacial score (nSPS) is 4.50. The summed E-state index contributed by atoms with van der Waals surface area (Å²) in [6.45, 7) is 8.36. The van der Waals surface area contributed by atoms with Gasteiger partial charge in [-0.05, 0) is 0 Å². The Morgan fingerprint density at radius 3 is 0.875 bits per heavy atom. The molecule has 0 amide bonds. The van der Waals surface area contributed by atoms with Crippen LogP contribution in [0.5, 0.6) is 0 Å². The molecule has 0 aliphatic carbocycles. The fraction of sp³-hybridized carbons (Fsp3) is 1.00. The van der Waals surface area contributed by atoms with Gasteiger partial charge < -0.3 is 0 Å². The van der Waals surface area contributed by atoms with E-state index < -0.39 is 0 Å². The van der Waals surface area contributed by atoms with Crippen LogP contribution in [0.15, 0.2) is 0 Å². The van der Waals surface area contributed by atoms with E-state index in [2.05, 4.69) is 13.8 Å². The van der Waals surface area contributed by atoms with Gasteiger partial charge in [-0.15, -0.1) is 0 Å². The maximum absolute atomic E-state index is 2.18. The average Bonchev–Trinajstić information content (AvgIpc) is 1.72. The number of rotatable bonds is 1. The maximum Gasteiger partial charge on any atom is -0.0564 e. The molecule has 0 aromatic carbocycles. The van der Waals surface area contributed by atoms with Gasteiger partial charge in [0.25, 0.3) is 0 Å². The molecule has 0 aliphatic heterocycles. The van der Waals surface area contributed by atoms with E-state index >= 15 is 0 Å². The van der Waals surface area contributed by atoms with Crippen LogP contribution in [0.2, 0.25) is 0 Å². The lowest BCUT2D eigenvalue weighted by Crippen LogP contribution is -1.47. The second kappa shape index (κ2) is 63.0. The SMILES string of the molecule is C.C.CC.CCCC. The van der Waals surface area contributed by atoms with Crippen molar-refractivity contribution in [3.63, 3.8) is 0 Å². The highest BCUT2D eigenvalue weighted by Crippen LogP contribution is 1.76. The first-order valence-electron chi connectivity index (χ1n) is 2.91. The smallest absolute Gasteiger partial charge is 0.0564 e. The maximum atomic E-state index is 2.18. The highest BCUT2D eigenvalue weighted by molar-refractivity contribution is 4.12. The molecule has 0 fully saturated rings. The number of unbranched alkanes of at least 4 members (excludes halogenated alkanes) is 1. The van der Waals surface area contributed by atoms with Crippen molar-refractivity contribution in [1.82, 2.24) is 0 Å². The minimum atomic E-state index is 0. The second-order valence-electron chi connectivity index (χ2n) is 1.000. The summed E-state index contributed by atoms with van der Waals surface area (Å²) < 4.78 is 0. The molecule has 0 radical (unpaired) electrons. The Kier molecular flexibility index (Phi) is 193. The predicted octanol–water partition coefficient (Wildman–Crippen LogP) is 4.10. The summed E-state index contributed by atoms with van der Waals surface area (Å²) in [6, 6.07) is 0. The molecule has 56 valence electrons. The van der Waals surface area contributed by atoms with Gasteiger partial charge in [0, 0.05) is 0 Å². The lowest BCUT2D eigenvalue weighted by atomic mass is 10.4. The summed E-state index contributed by atoms with van der Waals surface area (Å²) in [7, 11) is 0. The summed E-state index contributed by atoms with van der Waals surface area (Å²) in [5.41, 5.74) is 0. The van der Waals surface area contributed by atoms with Crippen LogP contribution >= 0.6 is 0 Å². The molecule has 0 aromatic heterocycles. The number of hydrogen-bond donors (Lipinski definition) is 0. The Labute approximate surface area is 56.3 Å². The van der Waals surface area contributed by atoms with Crippen molar-refractivity contribution in [2.75, 3.05) is 0 Å². The quantitative estimate of drug-likeness (QED) is 0.488. The molecule has 0 saturated heterocycles. The average molecular weight is 120 g/mol. The van der Waals surface area contributed by atoms with Crippen LogP contribution < -0.4 is 0 Å². The third-order valence-electron chi connectivity index (χ3n) is 0.500. The van der Waals surface area contributed by atoms with Gasteiger partial charge in [-0.1, -0.05) is 55.4 Å². The molecule has 0 N–H and O–H groups in total. The van der Waals surface area contributed by atoms with Gasteiger partial charge in [-0.2, -0.15) is 0 Å². The van der Waals surface area contributed by atoms with E-state index in [-0.39, 0.29) is 14.9 Å². The van der Waals surface area contributed by atoms with Crippen LogP contribution in [0.25, 0.3) is 0 Å². The van der Waals surface area contributed by atoms with Gasteiger partial charge in [-0.3, -0.25) is 0 Å². The highest BCUT2D eigenvalue weighted by Gasteiger charge is 1.56. The van der Waals surface area contributed by atoms with E-state index in [4.69, 9.17) is 0 Å². The molecule has 0 saturated carbocycles. The molecule has 0 atom stereocenters. The van der Waals surface area contributed by atoms with E-state index in [0.717, 1.165) is 0 Å². The summed E-state index contributed by atoms with van der Waals surface area (Å²) >= 11 is 0. The molecule has 0 heterocycles. The minimum Gasteiger partial charge on any atom is -0.0776 e. The Hall–Kier alpha value is 0. The van der Waals surface area contributed by atoms with E-state index in [1.165, 1.54) is 12.8 Å². The summed E-state index contributed by atoms with van der Waals surface area (Å²) in [5.74, 6) is 0. The van der Waals surface area contributed by atoms with Gasteiger partial charge in [0.15, 0.2) is 0 Å². The van der Waals surface area contributed by atoms with E-state index in [1.807, 2.05) is 13.8 Å². The fourth-order valence-corrected chi connectivity index (χ4v) is 0. The standard InChI is InChI=1S/C4H10.C2H6.2CH4/c1-3-4-2;1-2;;/h3-4H2,1-2H3;1-2H3;2*1H4. The van der Waals surface area contributed by atoms with Crippen molar-refractivity contribution >= 4 is 0 Å². The predicted molar refractivity (Wildman–Crippen MR) is 45.4 cm³/mol. The zero-order chi connectivity index (χ0) is 5.41. The Balaban J connectivity index is -0.0000000183. The van der Waals surface area contributed by atoms with E-state index in [0.29, 0.717) is 0 Å². The van der Waals surface area contributed by atoms with Crippen LogP contribution in [-0.2, 0) is 0 Å². The first kappa shape index (κ1) is 24.5. The zero-order valence-corrected chi connectivity index (χ0v) is 5.41. The molecule has 0 rings (SSSR count). The van der Waals surface area contributed by atoms with Gasteiger partial charge in [0.1, 0.15) is 0 Å². The first-order chi connectivity index (χ1) is 2.91. The van der Waals surface area contributed by atoms with Gasteiger partial charge in [0.2, 0.25) is 0 Å². The largest absolute Gasteiger partial charge is 0.0776 e. The Morgan fingerprint density at radius 2 is 0.875 bits per heavy atom. The van der Waals surface area contributed by atoms with Crippen molar-refractivity contribution in [1.29, 1.82) is 0 Å². The molecular formula is C8H24. The van der Waals surface area contributed by atoms with Crippen molar-refractivity contribution < 1.29 is 0 Å². The lowest BCUT2D eigenvalue weighted by molar-refractivity contribution is 0.886. The van der Waals surface area contributed by atoms with Crippen LogP contribution in [-0.4, -0.2) is 0 Å². The summed E-state index contributed by atoms with van der Waals surface area (Å²) in [4.78, 5) is 0. The number of hydrogen-bond acceptors (Lipinski definition) is 0. The third-order valence-corrected chi connectivity index (χ3v) is 0.500. The van der Waals surface area contributed by atoms with E-state index in [9.17, 15) is 0 Å². The van der Waals surface area contributed by atoms with Crippen LogP contribution in [0.4, 0.5) is 0 Å². The topological polar surface area (TPSA) is 0 Å². The second-order valence-corrected chi connectivity index (χ2v) is 1.000. The monoisotopic (exact) mass is 120 g/mol. The first-order valence-corrected chi connectivity index (χ1v) is 2.91. The third kappa shape index (κ3) is 150. The molecule has 0 bridgehead atoms. The van der Waals surface area contributed by atoms with Crippen molar-refractivity contribution in [2.24, 2.45) is 0 Å². The molecule has 0 nitrogen and oxygen atoms in total. The van der Waals surface area contributed by atoms with Gasteiger partial charge >= 0.3 is 0 Å². The Morgan fingerprint density at radius 1 is 0.750 bits per heavy atom. The van der Waals surface area contributed by atoms with Crippen LogP contribution in [0.3, 0.4) is 0 Å². The molecule has 0 aromatic rings. The molecule has 8 heavy (non-hydrogen) atoms. The van der Waals surface area contributed by atoms with Crippen LogP contribution in [0.1, 0.15) is 55.4 Å². The van der Waals surface area contributed by atoms with Crippen molar-refractivity contribution in [2.45, 2.75) is 55.4 Å². The van der Waals surface area contributed by atoms with Gasteiger partial charge in [0.05, 0.1) is 0 Å². The molecule has 0 unspecified atom stereocenters.